The largest absolute Gasteiger partial charge is 2.00 e. The van der Waals surface area contributed by atoms with Crippen LogP contribution in [-0.2, 0) is 0 Å². The van der Waals surface area contributed by atoms with E-state index in [0.717, 1.165) is 0 Å². The number of hydrogen-bond donors (Lipinski definition) is 0. The van der Waals surface area contributed by atoms with Gasteiger partial charge >= 0.3 is 23.1 Å². The van der Waals surface area contributed by atoms with Crippen molar-refractivity contribution in [2.24, 2.45) is 0 Å². The van der Waals surface area contributed by atoms with Crippen molar-refractivity contribution < 1.29 is 4.70 Å². The molecule has 0 bridgehead atoms. The van der Waals surface area contributed by atoms with Gasteiger partial charge in [0, 0.05) is 0 Å². The van der Waals surface area contributed by atoms with E-state index in [-0.39, 0.29) is 44.7 Å². The molecule has 0 amide bonds. The van der Waals surface area contributed by atoms with E-state index in [1.54, 1.807) is 0 Å². The SMILES string of the molecule is Br.[F-].[Mg+2].[c-]1ccccc1. The zero-order chi connectivity index (χ0) is 4.24. The summed E-state index contributed by atoms with van der Waals surface area (Å²) >= 11 is 0. The molecule has 46 valence electrons. The fourth-order valence-electron chi connectivity index (χ4n) is 0.342. The van der Waals surface area contributed by atoms with Gasteiger partial charge in [0.2, 0.25) is 0 Å². The molecule has 1 aromatic carbocycles. The van der Waals surface area contributed by atoms with Gasteiger partial charge in [-0.1, -0.05) is 0 Å². The Morgan fingerprint density at radius 3 is 1.44 bits per heavy atom. The molecule has 9 heavy (non-hydrogen) atoms. The quantitative estimate of drug-likeness (QED) is 0.361. The zero-order valence-corrected chi connectivity index (χ0v) is 8.01. The van der Waals surface area contributed by atoms with Crippen LogP contribution in [-0.4, -0.2) is 23.1 Å². The van der Waals surface area contributed by atoms with Crippen LogP contribution in [0.1, 0.15) is 0 Å². The minimum Gasteiger partial charge on any atom is -1.00 e. The average Bonchev–Trinajstić information content (AvgIpc) is 1.72. The Hall–Kier alpha value is 0.396. The van der Waals surface area contributed by atoms with E-state index in [4.69, 9.17) is 0 Å². The Bertz CT molecular complexity index is 85.0. The first-order valence-electron chi connectivity index (χ1n) is 1.91. The Balaban J connectivity index is -0.000000120. The average molecular weight is 201 g/mol. The molecule has 0 radical (unpaired) electrons. The first-order valence-corrected chi connectivity index (χ1v) is 1.91. The Morgan fingerprint density at radius 2 is 1.33 bits per heavy atom. The van der Waals surface area contributed by atoms with Gasteiger partial charge in [-0.25, -0.2) is 0 Å². The Morgan fingerprint density at radius 1 is 0.889 bits per heavy atom. The van der Waals surface area contributed by atoms with Crippen molar-refractivity contribution in [2.45, 2.75) is 0 Å². The van der Waals surface area contributed by atoms with Gasteiger partial charge in [0.15, 0.2) is 0 Å². The van der Waals surface area contributed by atoms with Gasteiger partial charge in [-0.2, -0.15) is 36.4 Å². The van der Waals surface area contributed by atoms with Crippen molar-refractivity contribution in [2.75, 3.05) is 0 Å². The molecule has 0 saturated carbocycles. The summed E-state index contributed by atoms with van der Waals surface area (Å²) in [6, 6.07) is 12.5. The zero-order valence-electron chi connectivity index (χ0n) is 4.88. The van der Waals surface area contributed by atoms with Crippen molar-refractivity contribution in [3.63, 3.8) is 0 Å². The van der Waals surface area contributed by atoms with Gasteiger partial charge < -0.3 is 4.70 Å². The summed E-state index contributed by atoms with van der Waals surface area (Å²) in [5, 5.41) is 0. The van der Waals surface area contributed by atoms with Gasteiger partial charge in [-0.15, -0.1) is 17.0 Å². The van der Waals surface area contributed by atoms with Crippen LogP contribution in [0.15, 0.2) is 30.3 Å². The second kappa shape index (κ2) is 11.2. The molecule has 0 heterocycles. The summed E-state index contributed by atoms with van der Waals surface area (Å²) in [6.07, 6.45) is 0. The second-order valence-corrected chi connectivity index (χ2v) is 1.08. The standard InChI is InChI=1S/C6H5.BrH.FH.Mg/c1-2-4-6-5-3-1;;;/h1-5H;2*1H;/q-1;;;+2/p-1. The van der Waals surface area contributed by atoms with E-state index in [1.165, 1.54) is 0 Å². The van der Waals surface area contributed by atoms with E-state index in [9.17, 15) is 0 Å². The molecule has 0 aliphatic rings. The van der Waals surface area contributed by atoms with Gasteiger partial charge in [-0.3, -0.25) is 0 Å². The van der Waals surface area contributed by atoms with E-state index in [1.807, 2.05) is 30.3 Å². The number of benzene rings is 1. The predicted octanol–water partition coefficient (Wildman–Crippen LogP) is -1.31. The monoisotopic (exact) mass is 200 g/mol. The molecule has 1 aromatic rings. The summed E-state index contributed by atoms with van der Waals surface area (Å²) < 4.78 is 0. The summed E-state index contributed by atoms with van der Waals surface area (Å²) in [4.78, 5) is 0. The number of halogens is 2. The minimum atomic E-state index is 0. The molecule has 0 fully saturated rings. The molecule has 0 aliphatic carbocycles. The fraction of sp³-hybridized carbons (Fsp3) is 0. The maximum atomic E-state index is 2.89. The molecule has 0 saturated heterocycles. The van der Waals surface area contributed by atoms with Crippen molar-refractivity contribution in [1.29, 1.82) is 0 Å². The fourth-order valence-corrected chi connectivity index (χ4v) is 0.342. The van der Waals surface area contributed by atoms with Crippen LogP contribution in [0.4, 0.5) is 0 Å². The molecular weight excluding hydrogens is 195 g/mol. The van der Waals surface area contributed by atoms with Crippen molar-refractivity contribution in [3.8, 4) is 0 Å². The summed E-state index contributed by atoms with van der Waals surface area (Å²) in [6.45, 7) is 0. The molecule has 3 heteroatoms. The van der Waals surface area contributed by atoms with Crippen LogP contribution < -0.4 is 4.70 Å². The van der Waals surface area contributed by atoms with Crippen LogP contribution in [0, 0.1) is 6.07 Å². The van der Waals surface area contributed by atoms with Gasteiger partial charge in [0.25, 0.3) is 0 Å². The first-order chi connectivity index (χ1) is 3.00. The van der Waals surface area contributed by atoms with Crippen LogP contribution in [0.2, 0.25) is 0 Å². The van der Waals surface area contributed by atoms with Crippen molar-refractivity contribution in [1.82, 2.24) is 0 Å². The summed E-state index contributed by atoms with van der Waals surface area (Å²) in [7, 11) is 0. The maximum absolute atomic E-state index is 2.89. The predicted molar refractivity (Wildman–Crippen MR) is 41.4 cm³/mol. The molecule has 0 atom stereocenters. The van der Waals surface area contributed by atoms with E-state index >= 15 is 0 Å². The van der Waals surface area contributed by atoms with Gasteiger partial charge in [0.05, 0.1) is 0 Å². The third-order valence-electron chi connectivity index (χ3n) is 0.607. The normalized spacial score (nSPS) is 5.33. The molecule has 0 spiro atoms. The van der Waals surface area contributed by atoms with E-state index in [2.05, 4.69) is 6.07 Å². The molecule has 0 N–H and O–H groups in total. The minimum absolute atomic E-state index is 0. The number of rotatable bonds is 0. The third-order valence-corrected chi connectivity index (χ3v) is 0.607. The molecular formula is C6H6BrFMg. The van der Waals surface area contributed by atoms with Crippen LogP contribution in [0.3, 0.4) is 0 Å². The van der Waals surface area contributed by atoms with Crippen molar-refractivity contribution >= 4 is 40.0 Å². The van der Waals surface area contributed by atoms with Crippen molar-refractivity contribution in [3.05, 3.63) is 36.4 Å². The smallest absolute Gasteiger partial charge is 1.00 e. The van der Waals surface area contributed by atoms with Gasteiger partial charge in [0.1, 0.15) is 0 Å². The number of hydrogen-bond acceptors (Lipinski definition) is 0. The van der Waals surface area contributed by atoms with Crippen LogP contribution in [0.25, 0.3) is 0 Å². The van der Waals surface area contributed by atoms with E-state index < -0.39 is 0 Å². The topological polar surface area (TPSA) is 0 Å². The summed E-state index contributed by atoms with van der Waals surface area (Å²) in [5.41, 5.74) is 0. The Kier molecular flexibility index (Phi) is 20.2. The molecule has 1 rings (SSSR count). The van der Waals surface area contributed by atoms with Gasteiger partial charge in [-0.05, 0) is 0 Å². The first kappa shape index (κ1) is 16.2. The second-order valence-electron chi connectivity index (χ2n) is 1.08. The maximum Gasteiger partial charge on any atom is 2.00 e. The Labute approximate surface area is 80.9 Å². The molecule has 0 aromatic heterocycles. The molecule has 0 unspecified atom stereocenters. The third kappa shape index (κ3) is 8.40. The molecule has 0 nitrogen and oxygen atoms in total. The summed E-state index contributed by atoms with van der Waals surface area (Å²) in [5.74, 6) is 0. The van der Waals surface area contributed by atoms with E-state index in [0.29, 0.717) is 0 Å². The van der Waals surface area contributed by atoms with Crippen LogP contribution in [0.5, 0.6) is 0 Å². The molecule has 0 aliphatic heterocycles. The van der Waals surface area contributed by atoms with Crippen LogP contribution >= 0.6 is 17.0 Å².